The highest BCUT2D eigenvalue weighted by Gasteiger charge is 2.34. The van der Waals surface area contributed by atoms with Crippen molar-refractivity contribution in [1.29, 1.82) is 0 Å². The van der Waals surface area contributed by atoms with Crippen LogP contribution < -0.4 is 5.32 Å². The average molecular weight is 222 g/mol. The number of aryl methyl sites for hydroxylation is 1. The summed E-state index contributed by atoms with van der Waals surface area (Å²) in [5.41, 5.74) is 1.02. The van der Waals surface area contributed by atoms with Crippen LogP contribution in [0.4, 0.5) is 0 Å². The van der Waals surface area contributed by atoms with Crippen LogP contribution in [0.15, 0.2) is 18.0 Å². The van der Waals surface area contributed by atoms with E-state index in [0.717, 1.165) is 10.7 Å². The lowest BCUT2D eigenvalue weighted by Gasteiger charge is -2.14. The fraction of sp³-hybridized carbons (Fsp3) is 0.455. The summed E-state index contributed by atoms with van der Waals surface area (Å²) in [5.74, 6) is 0.458. The minimum atomic E-state index is -0.111. The maximum atomic E-state index is 11.3. The number of amides is 1. The number of rotatable bonds is 4. The standard InChI is InChI=1S/C11H14N2OS/c1-3-9(14)13-10(8-4-5-8)11-12-7(2)6-15-11/h3,6,8,10H,1,4-5H2,2H3,(H,13,14). The van der Waals surface area contributed by atoms with E-state index in [1.807, 2.05) is 12.3 Å². The van der Waals surface area contributed by atoms with E-state index in [9.17, 15) is 4.79 Å². The van der Waals surface area contributed by atoms with Crippen LogP contribution in [0, 0.1) is 12.8 Å². The summed E-state index contributed by atoms with van der Waals surface area (Å²) in [6, 6.07) is 0.0919. The second-order valence-electron chi connectivity index (χ2n) is 3.85. The van der Waals surface area contributed by atoms with E-state index >= 15 is 0 Å². The van der Waals surface area contributed by atoms with E-state index in [1.165, 1.54) is 18.9 Å². The van der Waals surface area contributed by atoms with E-state index < -0.39 is 0 Å². The third kappa shape index (κ3) is 2.45. The Balaban J connectivity index is 2.12. The number of hydrogen-bond donors (Lipinski definition) is 1. The summed E-state index contributed by atoms with van der Waals surface area (Å²) in [6.07, 6.45) is 3.68. The highest BCUT2D eigenvalue weighted by Crippen LogP contribution is 2.41. The highest BCUT2D eigenvalue weighted by molar-refractivity contribution is 7.09. The number of aromatic nitrogens is 1. The Morgan fingerprint density at radius 2 is 2.53 bits per heavy atom. The van der Waals surface area contributed by atoms with Gasteiger partial charge in [0.1, 0.15) is 5.01 Å². The fourth-order valence-corrected chi connectivity index (χ4v) is 2.48. The molecule has 1 fully saturated rings. The first kappa shape index (κ1) is 10.4. The van der Waals surface area contributed by atoms with Gasteiger partial charge in [0.2, 0.25) is 5.91 Å². The predicted octanol–water partition coefficient (Wildman–Crippen LogP) is 2.20. The van der Waals surface area contributed by atoms with Gasteiger partial charge < -0.3 is 5.32 Å². The molecule has 1 aromatic rings. The molecule has 0 aliphatic heterocycles. The smallest absolute Gasteiger partial charge is 0.243 e. The van der Waals surface area contributed by atoms with Gasteiger partial charge in [-0.15, -0.1) is 11.3 Å². The quantitative estimate of drug-likeness (QED) is 0.794. The molecule has 3 nitrogen and oxygen atoms in total. The van der Waals surface area contributed by atoms with Crippen LogP contribution in [-0.2, 0) is 4.79 Å². The number of hydrogen-bond acceptors (Lipinski definition) is 3. The average Bonchev–Trinajstić information content (AvgIpc) is 2.97. The topological polar surface area (TPSA) is 42.0 Å². The molecule has 4 heteroatoms. The van der Waals surface area contributed by atoms with E-state index in [1.54, 1.807) is 11.3 Å². The van der Waals surface area contributed by atoms with Crippen molar-refractivity contribution in [1.82, 2.24) is 10.3 Å². The number of carbonyl (C=O) groups excluding carboxylic acids is 1. The van der Waals surface area contributed by atoms with Crippen LogP contribution in [0.1, 0.15) is 29.6 Å². The maximum Gasteiger partial charge on any atom is 0.243 e. The van der Waals surface area contributed by atoms with Crippen molar-refractivity contribution in [3.8, 4) is 0 Å². The second-order valence-corrected chi connectivity index (χ2v) is 4.74. The molecule has 0 aromatic carbocycles. The second kappa shape index (κ2) is 4.14. The normalized spacial score (nSPS) is 17.1. The van der Waals surface area contributed by atoms with Crippen molar-refractivity contribution < 1.29 is 4.79 Å². The van der Waals surface area contributed by atoms with Crippen LogP contribution in [-0.4, -0.2) is 10.9 Å². The molecule has 0 saturated heterocycles. The summed E-state index contributed by atoms with van der Waals surface area (Å²) in [5, 5.41) is 5.99. The van der Waals surface area contributed by atoms with Gasteiger partial charge in [-0.3, -0.25) is 4.79 Å². The minimum Gasteiger partial charge on any atom is -0.343 e. The Hall–Kier alpha value is -1.16. The van der Waals surface area contributed by atoms with Gasteiger partial charge in [-0.05, 0) is 31.8 Å². The summed E-state index contributed by atoms with van der Waals surface area (Å²) in [6.45, 7) is 5.43. The van der Waals surface area contributed by atoms with Gasteiger partial charge in [-0.1, -0.05) is 6.58 Å². The molecule has 80 valence electrons. The molecular weight excluding hydrogens is 208 g/mol. The number of carbonyl (C=O) groups is 1. The van der Waals surface area contributed by atoms with Gasteiger partial charge in [0.05, 0.1) is 6.04 Å². The lowest BCUT2D eigenvalue weighted by Crippen LogP contribution is -2.28. The van der Waals surface area contributed by atoms with Crippen molar-refractivity contribution in [3.05, 3.63) is 28.7 Å². The van der Waals surface area contributed by atoms with Crippen LogP contribution >= 0.6 is 11.3 Å². The largest absolute Gasteiger partial charge is 0.343 e. The van der Waals surface area contributed by atoms with Gasteiger partial charge in [0.15, 0.2) is 0 Å². The minimum absolute atomic E-state index is 0.0919. The molecule has 0 bridgehead atoms. The van der Waals surface area contributed by atoms with Crippen molar-refractivity contribution in [2.24, 2.45) is 5.92 Å². The van der Waals surface area contributed by atoms with E-state index in [2.05, 4.69) is 16.9 Å². The van der Waals surface area contributed by atoms with E-state index in [4.69, 9.17) is 0 Å². The zero-order chi connectivity index (χ0) is 10.8. The molecule has 2 rings (SSSR count). The van der Waals surface area contributed by atoms with Gasteiger partial charge in [-0.2, -0.15) is 0 Å². The molecule has 15 heavy (non-hydrogen) atoms. The lowest BCUT2D eigenvalue weighted by atomic mass is 10.2. The molecule has 1 atom stereocenters. The maximum absolute atomic E-state index is 11.3. The van der Waals surface area contributed by atoms with Crippen molar-refractivity contribution in [2.45, 2.75) is 25.8 Å². The summed E-state index contributed by atoms with van der Waals surface area (Å²) < 4.78 is 0. The van der Waals surface area contributed by atoms with Crippen LogP contribution in [0.3, 0.4) is 0 Å². The highest BCUT2D eigenvalue weighted by atomic mass is 32.1. The lowest BCUT2D eigenvalue weighted by molar-refractivity contribution is -0.117. The zero-order valence-corrected chi connectivity index (χ0v) is 9.51. The van der Waals surface area contributed by atoms with Crippen molar-refractivity contribution in [2.75, 3.05) is 0 Å². The Kier molecular flexibility index (Phi) is 2.86. The molecule has 1 saturated carbocycles. The Labute approximate surface area is 93.2 Å². The van der Waals surface area contributed by atoms with E-state index in [-0.39, 0.29) is 11.9 Å². The number of nitrogens with one attached hydrogen (secondary N) is 1. The molecule has 1 unspecified atom stereocenters. The van der Waals surface area contributed by atoms with Gasteiger partial charge in [-0.25, -0.2) is 4.98 Å². The molecule has 0 spiro atoms. The predicted molar refractivity (Wildman–Crippen MR) is 60.7 cm³/mol. The molecule has 0 radical (unpaired) electrons. The monoisotopic (exact) mass is 222 g/mol. The Morgan fingerprint density at radius 3 is 3.00 bits per heavy atom. The summed E-state index contributed by atoms with van der Waals surface area (Å²) in [4.78, 5) is 15.7. The third-order valence-corrected chi connectivity index (χ3v) is 3.53. The van der Waals surface area contributed by atoms with Crippen LogP contribution in [0.2, 0.25) is 0 Å². The Morgan fingerprint density at radius 1 is 1.80 bits per heavy atom. The molecular formula is C11H14N2OS. The summed E-state index contributed by atoms with van der Waals surface area (Å²) >= 11 is 1.62. The van der Waals surface area contributed by atoms with Gasteiger partial charge >= 0.3 is 0 Å². The zero-order valence-electron chi connectivity index (χ0n) is 8.69. The molecule has 1 N–H and O–H groups in total. The van der Waals surface area contributed by atoms with Crippen LogP contribution in [0.25, 0.3) is 0 Å². The number of nitrogens with zero attached hydrogens (tertiary/aromatic N) is 1. The first-order chi connectivity index (χ1) is 7.20. The van der Waals surface area contributed by atoms with Gasteiger partial charge in [0, 0.05) is 11.1 Å². The fourth-order valence-electron chi connectivity index (χ4n) is 1.54. The molecule has 1 amide bonds. The Bertz CT molecular complexity index is 382. The molecule has 1 heterocycles. The SMILES string of the molecule is C=CC(=O)NC(c1nc(C)cs1)C1CC1. The molecule has 1 aromatic heterocycles. The third-order valence-electron chi connectivity index (χ3n) is 2.48. The molecule has 1 aliphatic rings. The van der Waals surface area contributed by atoms with Crippen molar-refractivity contribution >= 4 is 17.2 Å². The summed E-state index contributed by atoms with van der Waals surface area (Å²) in [7, 11) is 0. The van der Waals surface area contributed by atoms with E-state index in [0.29, 0.717) is 5.92 Å². The first-order valence-corrected chi connectivity index (χ1v) is 5.93. The van der Waals surface area contributed by atoms with Crippen LogP contribution in [0.5, 0.6) is 0 Å². The molecule has 1 aliphatic carbocycles. The van der Waals surface area contributed by atoms with Gasteiger partial charge in [0.25, 0.3) is 0 Å². The van der Waals surface area contributed by atoms with Crippen molar-refractivity contribution in [3.63, 3.8) is 0 Å². The first-order valence-electron chi connectivity index (χ1n) is 5.05. The number of thiazole rings is 1.